The molecule has 0 aromatic heterocycles. The third kappa shape index (κ3) is 1.68. The molecular formula is C12H12O6. The molecule has 2 unspecified atom stereocenters. The smallest absolute Gasteiger partial charge is 0.167 e. The van der Waals surface area contributed by atoms with Crippen molar-refractivity contribution in [3.8, 4) is 17.2 Å². The Kier molecular flexibility index (Phi) is 2.68. The second kappa shape index (κ2) is 3.94. The molecule has 1 aliphatic rings. The Hall–Kier alpha value is -2.18. The van der Waals surface area contributed by atoms with E-state index in [0.29, 0.717) is 0 Å². The van der Waals surface area contributed by atoms with Gasteiger partial charge in [-0.1, -0.05) is 0 Å². The lowest BCUT2D eigenvalue weighted by molar-refractivity contribution is -0.0247. The number of aromatic hydroxyl groups is 3. The van der Waals surface area contributed by atoms with Crippen molar-refractivity contribution in [2.24, 2.45) is 0 Å². The highest BCUT2D eigenvalue weighted by atomic mass is 16.3. The molecule has 1 aromatic rings. The summed E-state index contributed by atoms with van der Waals surface area (Å²) < 4.78 is 0. The van der Waals surface area contributed by atoms with E-state index in [1.54, 1.807) is 0 Å². The Morgan fingerprint density at radius 3 is 2.22 bits per heavy atom. The van der Waals surface area contributed by atoms with E-state index >= 15 is 0 Å². The second-order valence-corrected chi connectivity index (χ2v) is 4.02. The molecular weight excluding hydrogens is 240 g/mol. The summed E-state index contributed by atoms with van der Waals surface area (Å²) in [7, 11) is 0. The highest BCUT2D eigenvalue weighted by molar-refractivity contribution is 5.57. The van der Waals surface area contributed by atoms with Crippen LogP contribution in [0.1, 0.15) is 5.56 Å². The number of aliphatic hydroxyl groups is 3. The zero-order valence-electron chi connectivity index (χ0n) is 9.15. The first-order chi connectivity index (χ1) is 8.36. The number of hydrogen-bond donors (Lipinski definition) is 6. The first-order valence-electron chi connectivity index (χ1n) is 5.11. The van der Waals surface area contributed by atoms with Crippen LogP contribution in [0.4, 0.5) is 0 Å². The summed E-state index contributed by atoms with van der Waals surface area (Å²) in [4.78, 5) is 0. The van der Waals surface area contributed by atoms with Gasteiger partial charge in [0.1, 0.15) is 23.2 Å². The maximum absolute atomic E-state index is 10.3. The predicted molar refractivity (Wildman–Crippen MR) is 61.2 cm³/mol. The van der Waals surface area contributed by atoms with Gasteiger partial charge in [0.25, 0.3) is 0 Å². The van der Waals surface area contributed by atoms with Crippen molar-refractivity contribution in [1.29, 1.82) is 0 Å². The Bertz CT molecular complexity index is 548. The molecule has 0 fully saturated rings. The summed E-state index contributed by atoms with van der Waals surface area (Å²) in [5.74, 6) is -2.04. The number of hydrogen-bond acceptors (Lipinski definition) is 6. The van der Waals surface area contributed by atoms with Gasteiger partial charge in [-0.2, -0.15) is 0 Å². The fourth-order valence-electron chi connectivity index (χ4n) is 1.85. The Morgan fingerprint density at radius 1 is 1.00 bits per heavy atom. The molecule has 6 heteroatoms. The van der Waals surface area contributed by atoms with E-state index in [-0.39, 0.29) is 5.76 Å². The molecule has 0 amide bonds. The van der Waals surface area contributed by atoms with Gasteiger partial charge in [0.15, 0.2) is 11.5 Å². The number of allylic oxidation sites excluding steroid dienone is 1. The summed E-state index contributed by atoms with van der Waals surface area (Å²) in [5.41, 5.74) is -2.57. The molecule has 1 aromatic carbocycles. The fourth-order valence-corrected chi connectivity index (χ4v) is 1.85. The topological polar surface area (TPSA) is 121 Å². The Labute approximate surface area is 102 Å². The molecule has 0 saturated heterocycles. The summed E-state index contributed by atoms with van der Waals surface area (Å²) in [6.07, 6.45) is 1.49. The number of rotatable bonds is 1. The van der Waals surface area contributed by atoms with Gasteiger partial charge < -0.3 is 30.6 Å². The van der Waals surface area contributed by atoms with Gasteiger partial charge in [0.05, 0.1) is 5.56 Å². The number of phenolic OH excluding ortho intramolecular Hbond substituents is 3. The van der Waals surface area contributed by atoms with Crippen LogP contribution < -0.4 is 0 Å². The van der Waals surface area contributed by atoms with Crippen molar-refractivity contribution in [1.82, 2.24) is 0 Å². The Morgan fingerprint density at radius 2 is 1.61 bits per heavy atom. The predicted octanol–water partition coefficient (Wildman–Crippen LogP) is 0.364. The first-order valence-corrected chi connectivity index (χ1v) is 5.11. The third-order valence-electron chi connectivity index (χ3n) is 2.82. The zero-order valence-corrected chi connectivity index (χ0v) is 9.15. The van der Waals surface area contributed by atoms with Gasteiger partial charge in [-0.05, 0) is 30.4 Å². The standard InChI is InChI=1S/C12H12O6/c13-6-3-4-12(18,9(16)5-6)10-7(14)1-2-8(15)11(10)17/h1-5,9,13-18H. The van der Waals surface area contributed by atoms with Crippen molar-refractivity contribution in [2.75, 3.05) is 0 Å². The molecule has 6 nitrogen and oxygen atoms in total. The average molecular weight is 252 g/mol. The Balaban J connectivity index is 2.63. The lowest BCUT2D eigenvalue weighted by Gasteiger charge is -2.32. The van der Waals surface area contributed by atoms with Crippen LogP contribution in [-0.2, 0) is 5.60 Å². The van der Waals surface area contributed by atoms with Crippen molar-refractivity contribution in [2.45, 2.75) is 11.7 Å². The van der Waals surface area contributed by atoms with E-state index in [1.807, 2.05) is 0 Å². The molecule has 0 bridgehead atoms. The zero-order chi connectivity index (χ0) is 13.5. The van der Waals surface area contributed by atoms with Gasteiger partial charge in [0, 0.05) is 0 Å². The minimum Gasteiger partial charge on any atom is -0.508 e. The molecule has 0 saturated carbocycles. The van der Waals surface area contributed by atoms with Crippen LogP contribution in [-0.4, -0.2) is 36.7 Å². The van der Waals surface area contributed by atoms with Crippen molar-refractivity contribution >= 4 is 0 Å². The van der Waals surface area contributed by atoms with Crippen LogP contribution in [0.5, 0.6) is 17.2 Å². The molecule has 6 N–H and O–H groups in total. The molecule has 2 rings (SSSR count). The lowest BCUT2D eigenvalue weighted by Crippen LogP contribution is -2.38. The van der Waals surface area contributed by atoms with E-state index < -0.39 is 34.5 Å². The molecule has 18 heavy (non-hydrogen) atoms. The summed E-state index contributed by atoms with van der Waals surface area (Å²) in [6.45, 7) is 0. The van der Waals surface area contributed by atoms with E-state index in [0.717, 1.165) is 30.4 Å². The van der Waals surface area contributed by atoms with Crippen molar-refractivity contribution in [3.63, 3.8) is 0 Å². The molecule has 0 radical (unpaired) electrons. The largest absolute Gasteiger partial charge is 0.508 e. The first kappa shape index (κ1) is 12.3. The minimum absolute atomic E-state index is 0.258. The number of benzene rings is 1. The van der Waals surface area contributed by atoms with Crippen molar-refractivity contribution < 1.29 is 30.6 Å². The summed E-state index contributed by atoms with van der Waals surface area (Å²) in [5, 5.41) is 57.9. The molecule has 2 atom stereocenters. The van der Waals surface area contributed by atoms with E-state index in [9.17, 15) is 30.6 Å². The maximum atomic E-state index is 10.3. The number of phenols is 3. The molecule has 96 valence electrons. The van der Waals surface area contributed by atoms with Crippen LogP contribution in [0.2, 0.25) is 0 Å². The van der Waals surface area contributed by atoms with Crippen molar-refractivity contribution in [3.05, 3.63) is 41.7 Å². The van der Waals surface area contributed by atoms with Gasteiger partial charge in [-0.3, -0.25) is 0 Å². The summed E-state index contributed by atoms with van der Waals surface area (Å²) in [6, 6.07) is 2.12. The third-order valence-corrected chi connectivity index (χ3v) is 2.82. The maximum Gasteiger partial charge on any atom is 0.167 e. The molecule has 0 heterocycles. The fraction of sp³-hybridized carbons (Fsp3) is 0.167. The molecule has 0 aliphatic heterocycles. The SMILES string of the molecule is OC1=CC(O)C(O)(c2c(O)ccc(O)c2O)C=C1. The van der Waals surface area contributed by atoms with Crippen LogP contribution in [0.3, 0.4) is 0 Å². The lowest BCUT2D eigenvalue weighted by atomic mass is 9.83. The van der Waals surface area contributed by atoms with Crippen LogP contribution in [0, 0.1) is 0 Å². The van der Waals surface area contributed by atoms with Crippen LogP contribution >= 0.6 is 0 Å². The van der Waals surface area contributed by atoms with E-state index in [4.69, 9.17) is 0 Å². The minimum atomic E-state index is -2.14. The molecule has 0 spiro atoms. The second-order valence-electron chi connectivity index (χ2n) is 4.02. The molecule has 1 aliphatic carbocycles. The van der Waals surface area contributed by atoms with Gasteiger partial charge >= 0.3 is 0 Å². The van der Waals surface area contributed by atoms with Gasteiger partial charge in [-0.25, -0.2) is 0 Å². The quantitative estimate of drug-likeness (QED) is 0.317. The monoisotopic (exact) mass is 252 g/mol. The van der Waals surface area contributed by atoms with Gasteiger partial charge in [-0.15, -0.1) is 0 Å². The van der Waals surface area contributed by atoms with Crippen LogP contribution in [0.15, 0.2) is 36.1 Å². The average Bonchev–Trinajstić information content (AvgIpc) is 2.30. The summed E-state index contributed by atoms with van der Waals surface area (Å²) >= 11 is 0. The highest BCUT2D eigenvalue weighted by Crippen LogP contribution is 2.45. The van der Waals surface area contributed by atoms with E-state index in [1.165, 1.54) is 0 Å². The van der Waals surface area contributed by atoms with E-state index in [2.05, 4.69) is 0 Å². The number of aliphatic hydroxyl groups excluding tert-OH is 2. The van der Waals surface area contributed by atoms with Gasteiger partial charge in [0.2, 0.25) is 0 Å². The normalized spacial score (nSPS) is 27.0. The highest BCUT2D eigenvalue weighted by Gasteiger charge is 2.41. The van der Waals surface area contributed by atoms with Crippen LogP contribution in [0.25, 0.3) is 0 Å².